The summed E-state index contributed by atoms with van der Waals surface area (Å²) in [4.78, 5) is 23.1. The molecule has 0 spiro atoms. The van der Waals surface area contributed by atoms with Gasteiger partial charge in [-0.2, -0.15) is 0 Å². The highest BCUT2D eigenvalue weighted by Gasteiger charge is 2.10. The molecular formula is C23H40O4. The maximum atomic E-state index is 11.6. The second-order valence-corrected chi connectivity index (χ2v) is 7.32. The molecule has 4 nitrogen and oxygen atoms in total. The molecule has 4 heteroatoms. The molecular weight excluding hydrogens is 340 g/mol. The zero-order valence-electron chi connectivity index (χ0n) is 17.8. The standard InChI is InChI=1S/C23H40O4/c1-4-6-7-8-9-10-11-12-13-14-15-19-26-22(24)17-18-23(25)27-20-21(3)16-5-2/h21H,4-13,16-20H2,1-3H3. The van der Waals surface area contributed by atoms with Gasteiger partial charge in [-0.3, -0.25) is 9.59 Å². The highest BCUT2D eigenvalue weighted by molar-refractivity contribution is 5.77. The molecule has 0 bridgehead atoms. The summed E-state index contributed by atoms with van der Waals surface area (Å²) >= 11 is 0. The molecule has 1 atom stereocenters. The number of ether oxygens (including phenoxy) is 2. The van der Waals surface area contributed by atoms with Crippen molar-refractivity contribution in [3.63, 3.8) is 0 Å². The zero-order valence-corrected chi connectivity index (χ0v) is 17.8. The summed E-state index contributed by atoms with van der Waals surface area (Å²) in [7, 11) is 0. The summed E-state index contributed by atoms with van der Waals surface area (Å²) in [5, 5.41) is 0. The lowest BCUT2D eigenvalue weighted by Gasteiger charge is -2.10. The Hall–Kier alpha value is -1.50. The second kappa shape index (κ2) is 19.3. The van der Waals surface area contributed by atoms with Crippen LogP contribution in [0.25, 0.3) is 0 Å². The lowest BCUT2D eigenvalue weighted by molar-refractivity contribution is -0.150. The van der Waals surface area contributed by atoms with E-state index in [2.05, 4.69) is 32.6 Å². The summed E-state index contributed by atoms with van der Waals surface area (Å²) in [6.45, 7) is 6.92. The number of rotatable bonds is 16. The topological polar surface area (TPSA) is 52.6 Å². The van der Waals surface area contributed by atoms with Gasteiger partial charge in [0.25, 0.3) is 0 Å². The Morgan fingerprint density at radius 2 is 1.37 bits per heavy atom. The van der Waals surface area contributed by atoms with Crippen LogP contribution in [0.5, 0.6) is 0 Å². The molecule has 0 N–H and O–H groups in total. The minimum Gasteiger partial charge on any atom is -0.465 e. The molecule has 0 radical (unpaired) electrons. The summed E-state index contributed by atoms with van der Waals surface area (Å²) in [5.41, 5.74) is 0. The van der Waals surface area contributed by atoms with Crippen LogP contribution in [0.2, 0.25) is 0 Å². The third-order valence-electron chi connectivity index (χ3n) is 4.43. The Labute approximate surface area is 166 Å². The molecule has 0 rings (SSSR count). The van der Waals surface area contributed by atoms with Crippen molar-refractivity contribution in [2.75, 3.05) is 13.2 Å². The predicted octanol–water partition coefficient (Wildman–Crippen LogP) is 5.82. The average Bonchev–Trinajstić information content (AvgIpc) is 2.65. The van der Waals surface area contributed by atoms with Crippen molar-refractivity contribution in [3.8, 4) is 11.8 Å². The van der Waals surface area contributed by atoms with E-state index in [4.69, 9.17) is 9.47 Å². The number of esters is 2. The van der Waals surface area contributed by atoms with Gasteiger partial charge in [0.1, 0.15) is 0 Å². The minimum absolute atomic E-state index is 0.0563. The van der Waals surface area contributed by atoms with Crippen LogP contribution in [0.3, 0.4) is 0 Å². The molecule has 0 aliphatic rings. The van der Waals surface area contributed by atoms with E-state index >= 15 is 0 Å². The molecule has 0 aliphatic heterocycles. The van der Waals surface area contributed by atoms with E-state index in [1.165, 1.54) is 44.9 Å². The van der Waals surface area contributed by atoms with E-state index in [-0.39, 0.29) is 25.4 Å². The number of carbonyl (C=O) groups is 2. The lowest BCUT2D eigenvalue weighted by atomic mass is 10.1. The van der Waals surface area contributed by atoms with Crippen LogP contribution < -0.4 is 0 Å². The zero-order chi connectivity index (χ0) is 20.2. The van der Waals surface area contributed by atoms with Crippen molar-refractivity contribution in [1.82, 2.24) is 0 Å². The van der Waals surface area contributed by atoms with Gasteiger partial charge in [-0.1, -0.05) is 84.0 Å². The maximum absolute atomic E-state index is 11.6. The van der Waals surface area contributed by atoms with Crippen molar-refractivity contribution >= 4 is 11.9 Å². The molecule has 27 heavy (non-hydrogen) atoms. The van der Waals surface area contributed by atoms with Crippen molar-refractivity contribution < 1.29 is 19.1 Å². The van der Waals surface area contributed by atoms with Crippen LogP contribution in [-0.2, 0) is 19.1 Å². The number of carbonyl (C=O) groups excluding carboxylic acids is 2. The molecule has 0 aromatic heterocycles. The molecule has 0 heterocycles. The molecule has 0 aromatic carbocycles. The third-order valence-corrected chi connectivity index (χ3v) is 4.43. The Kier molecular flexibility index (Phi) is 18.2. The fraction of sp³-hybridized carbons (Fsp3) is 0.826. The van der Waals surface area contributed by atoms with E-state index in [1.54, 1.807) is 0 Å². The normalized spacial score (nSPS) is 11.4. The molecule has 1 unspecified atom stereocenters. The van der Waals surface area contributed by atoms with Crippen LogP contribution in [0.1, 0.15) is 104 Å². The van der Waals surface area contributed by atoms with Crippen LogP contribution in [-0.4, -0.2) is 25.2 Å². The van der Waals surface area contributed by atoms with E-state index in [0.29, 0.717) is 12.5 Å². The Morgan fingerprint density at radius 1 is 0.778 bits per heavy atom. The minimum atomic E-state index is -0.394. The predicted molar refractivity (Wildman–Crippen MR) is 110 cm³/mol. The van der Waals surface area contributed by atoms with E-state index in [1.807, 2.05) is 0 Å². The first-order valence-electron chi connectivity index (χ1n) is 10.9. The fourth-order valence-corrected chi connectivity index (χ4v) is 2.76. The summed E-state index contributed by atoms with van der Waals surface area (Å²) in [6, 6.07) is 0. The van der Waals surface area contributed by atoms with Gasteiger partial charge in [-0.25, -0.2) is 0 Å². The summed E-state index contributed by atoms with van der Waals surface area (Å²) in [6.07, 6.45) is 13.4. The first kappa shape index (κ1) is 25.5. The highest BCUT2D eigenvalue weighted by Crippen LogP contribution is 2.09. The van der Waals surface area contributed by atoms with Gasteiger partial charge in [0.05, 0.1) is 19.4 Å². The van der Waals surface area contributed by atoms with Crippen LogP contribution in [0.4, 0.5) is 0 Å². The van der Waals surface area contributed by atoms with Gasteiger partial charge in [0, 0.05) is 6.42 Å². The van der Waals surface area contributed by atoms with Crippen molar-refractivity contribution in [2.45, 2.75) is 104 Å². The fourth-order valence-electron chi connectivity index (χ4n) is 2.76. The van der Waals surface area contributed by atoms with Gasteiger partial charge in [0.2, 0.25) is 0 Å². The van der Waals surface area contributed by atoms with Gasteiger partial charge in [-0.15, -0.1) is 0 Å². The lowest BCUT2D eigenvalue weighted by Crippen LogP contribution is -2.14. The largest absolute Gasteiger partial charge is 0.465 e. The van der Waals surface area contributed by atoms with E-state index < -0.39 is 5.97 Å². The molecule has 0 saturated carbocycles. The SMILES string of the molecule is CCCCCCCCCCC#CCOC(=O)CCC(=O)OCC(C)CCC. The second-order valence-electron chi connectivity index (χ2n) is 7.32. The smallest absolute Gasteiger partial charge is 0.307 e. The van der Waals surface area contributed by atoms with Gasteiger partial charge < -0.3 is 9.47 Å². The molecule has 0 aromatic rings. The first-order valence-corrected chi connectivity index (χ1v) is 10.9. The van der Waals surface area contributed by atoms with E-state index in [9.17, 15) is 9.59 Å². The van der Waals surface area contributed by atoms with Gasteiger partial charge >= 0.3 is 11.9 Å². The number of unbranched alkanes of at least 4 members (excludes halogenated alkanes) is 8. The Balaban J connectivity index is 3.51. The molecule has 0 aliphatic carbocycles. The highest BCUT2D eigenvalue weighted by atomic mass is 16.5. The van der Waals surface area contributed by atoms with E-state index in [0.717, 1.165) is 25.7 Å². The van der Waals surface area contributed by atoms with Crippen molar-refractivity contribution in [3.05, 3.63) is 0 Å². The summed E-state index contributed by atoms with van der Waals surface area (Å²) < 4.78 is 10.2. The summed E-state index contributed by atoms with van der Waals surface area (Å²) in [5.74, 6) is 5.54. The number of hydrogen-bond donors (Lipinski definition) is 0. The van der Waals surface area contributed by atoms with Crippen molar-refractivity contribution in [1.29, 1.82) is 0 Å². The third kappa shape index (κ3) is 19.1. The van der Waals surface area contributed by atoms with Gasteiger partial charge in [0.15, 0.2) is 6.61 Å². The average molecular weight is 381 g/mol. The molecule has 156 valence electrons. The van der Waals surface area contributed by atoms with Crippen LogP contribution >= 0.6 is 0 Å². The molecule has 0 fully saturated rings. The maximum Gasteiger partial charge on any atom is 0.307 e. The van der Waals surface area contributed by atoms with Crippen LogP contribution in [0, 0.1) is 17.8 Å². The number of hydrogen-bond acceptors (Lipinski definition) is 4. The Bertz CT molecular complexity index is 433. The molecule has 0 amide bonds. The molecule has 0 saturated heterocycles. The quantitative estimate of drug-likeness (QED) is 0.192. The first-order chi connectivity index (χ1) is 13.1. The van der Waals surface area contributed by atoms with Crippen LogP contribution in [0.15, 0.2) is 0 Å². The van der Waals surface area contributed by atoms with Crippen molar-refractivity contribution in [2.24, 2.45) is 5.92 Å². The monoisotopic (exact) mass is 380 g/mol. The Morgan fingerprint density at radius 3 is 2.00 bits per heavy atom. The van der Waals surface area contributed by atoms with Gasteiger partial charge in [-0.05, 0) is 18.8 Å².